The molecule has 20 heavy (non-hydrogen) atoms. The fraction of sp³-hybridized carbons (Fsp3) is 0.214. The molecule has 0 saturated heterocycles. The van der Waals surface area contributed by atoms with Crippen LogP contribution in [0.15, 0.2) is 24.3 Å². The SMILES string of the molecule is Cc1cc(C)nc(NC(=O)Nc2ccc(C)c(Cl)c2)n1. The van der Waals surface area contributed by atoms with Gasteiger partial charge in [-0.05, 0) is 44.5 Å². The van der Waals surface area contributed by atoms with Crippen molar-refractivity contribution in [2.45, 2.75) is 20.8 Å². The molecule has 0 aliphatic rings. The fourth-order valence-electron chi connectivity index (χ4n) is 1.72. The predicted molar refractivity (Wildman–Crippen MR) is 80.3 cm³/mol. The summed E-state index contributed by atoms with van der Waals surface area (Å²) in [4.78, 5) is 20.1. The highest BCUT2D eigenvalue weighted by Crippen LogP contribution is 2.20. The zero-order valence-corrected chi connectivity index (χ0v) is 12.2. The van der Waals surface area contributed by atoms with Crippen LogP contribution in [0.3, 0.4) is 0 Å². The van der Waals surface area contributed by atoms with Crippen molar-refractivity contribution >= 4 is 29.3 Å². The van der Waals surface area contributed by atoms with Gasteiger partial charge in [0.25, 0.3) is 0 Å². The maximum Gasteiger partial charge on any atom is 0.326 e. The Morgan fingerprint density at radius 2 is 1.70 bits per heavy atom. The van der Waals surface area contributed by atoms with E-state index in [1.54, 1.807) is 12.1 Å². The van der Waals surface area contributed by atoms with Crippen molar-refractivity contribution in [1.29, 1.82) is 0 Å². The molecule has 0 radical (unpaired) electrons. The van der Waals surface area contributed by atoms with Crippen LogP contribution in [0.1, 0.15) is 17.0 Å². The lowest BCUT2D eigenvalue weighted by molar-refractivity contribution is 0.262. The van der Waals surface area contributed by atoms with Gasteiger partial charge < -0.3 is 5.32 Å². The molecule has 0 bridgehead atoms. The zero-order chi connectivity index (χ0) is 14.7. The molecule has 0 unspecified atom stereocenters. The number of benzene rings is 1. The quantitative estimate of drug-likeness (QED) is 0.886. The summed E-state index contributed by atoms with van der Waals surface area (Å²) in [5.74, 6) is 0.276. The molecule has 2 aromatic rings. The number of aromatic nitrogens is 2. The Labute approximate surface area is 122 Å². The van der Waals surface area contributed by atoms with Gasteiger partial charge in [-0.2, -0.15) is 0 Å². The third-order valence-electron chi connectivity index (χ3n) is 2.64. The highest BCUT2D eigenvalue weighted by atomic mass is 35.5. The molecule has 1 aromatic heterocycles. The Kier molecular flexibility index (Phi) is 4.20. The normalized spacial score (nSPS) is 10.2. The number of hydrogen-bond donors (Lipinski definition) is 2. The van der Waals surface area contributed by atoms with Crippen molar-refractivity contribution in [3.8, 4) is 0 Å². The second-order valence-electron chi connectivity index (χ2n) is 4.52. The van der Waals surface area contributed by atoms with E-state index in [0.717, 1.165) is 17.0 Å². The van der Waals surface area contributed by atoms with Crippen LogP contribution in [-0.2, 0) is 0 Å². The summed E-state index contributed by atoms with van der Waals surface area (Å²) >= 11 is 6.00. The van der Waals surface area contributed by atoms with Crippen LogP contribution >= 0.6 is 11.6 Å². The van der Waals surface area contributed by atoms with Gasteiger partial charge >= 0.3 is 6.03 Å². The molecule has 104 valence electrons. The van der Waals surface area contributed by atoms with E-state index in [1.807, 2.05) is 32.9 Å². The van der Waals surface area contributed by atoms with Gasteiger partial charge in [-0.15, -0.1) is 0 Å². The van der Waals surface area contributed by atoms with Crippen molar-refractivity contribution in [3.05, 3.63) is 46.2 Å². The van der Waals surface area contributed by atoms with Crippen molar-refractivity contribution < 1.29 is 4.79 Å². The molecule has 0 spiro atoms. The summed E-state index contributed by atoms with van der Waals surface area (Å²) < 4.78 is 0. The van der Waals surface area contributed by atoms with Gasteiger partial charge in [0.2, 0.25) is 5.95 Å². The number of anilines is 2. The number of hydrogen-bond acceptors (Lipinski definition) is 3. The Bertz CT molecular complexity index is 637. The van der Waals surface area contributed by atoms with Crippen LogP contribution in [0, 0.1) is 20.8 Å². The maximum atomic E-state index is 11.9. The second kappa shape index (κ2) is 5.88. The summed E-state index contributed by atoms with van der Waals surface area (Å²) in [5, 5.41) is 5.88. The van der Waals surface area contributed by atoms with Gasteiger partial charge in [0.1, 0.15) is 0 Å². The van der Waals surface area contributed by atoms with E-state index in [9.17, 15) is 4.79 Å². The molecule has 0 aliphatic heterocycles. The summed E-state index contributed by atoms with van der Waals surface area (Å²) in [5.41, 5.74) is 3.16. The van der Waals surface area contributed by atoms with Gasteiger partial charge in [0.15, 0.2) is 0 Å². The number of halogens is 1. The monoisotopic (exact) mass is 290 g/mol. The minimum Gasteiger partial charge on any atom is -0.308 e. The molecule has 0 saturated carbocycles. The van der Waals surface area contributed by atoms with Crippen LogP contribution in [-0.4, -0.2) is 16.0 Å². The third-order valence-corrected chi connectivity index (χ3v) is 3.04. The summed E-state index contributed by atoms with van der Waals surface area (Å²) in [6.07, 6.45) is 0. The molecule has 2 amide bonds. The van der Waals surface area contributed by atoms with E-state index in [1.165, 1.54) is 0 Å². The van der Waals surface area contributed by atoms with Crippen LogP contribution in [0.4, 0.5) is 16.4 Å². The molecular formula is C14H15ClN4O. The molecule has 1 heterocycles. The standard InChI is InChI=1S/C14H15ClN4O/c1-8-4-5-11(7-12(8)15)18-14(20)19-13-16-9(2)6-10(3)17-13/h4-7H,1-3H3,(H2,16,17,18,19,20). The first kappa shape index (κ1) is 14.3. The first-order valence-electron chi connectivity index (χ1n) is 6.10. The molecule has 5 nitrogen and oxygen atoms in total. The lowest BCUT2D eigenvalue weighted by Crippen LogP contribution is -2.21. The molecular weight excluding hydrogens is 276 g/mol. The van der Waals surface area contributed by atoms with Crippen LogP contribution < -0.4 is 10.6 Å². The van der Waals surface area contributed by atoms with Crippen LogP contribution in [0.2, 0.25) is 5.02 Å². The maximum absolute atomic E-state index is 11.9. The van der Waals surface area contributed by atoms with E-state index in [0.29, 0.717) is 10.7 Å². The molecule has 0 fully saturated rings. The lowest BCUT2D eigenvalue weighted by atomic mass is 10.2. The van der Waals surface area contributed by atoms with Crippen molar-refractivity contribution in [2.75, 3.05) is 10.6 Å². The average Bonchev–Trinajstić information content (AvgIpc) is 2.32. The number of urea groups is 1. The number of rotatable bonds is 2. The van der Waals surface area contributed by atoms with E-state index in [2.05, 4.69) is 20.6 Å². The van der Waals surface area contributed by atoms with Crippen LogP contribution in [0.5, 0.6) is 0 Å². The minimum atomic E-state index is -0.407. The summed E-state index contributed by atoms with van der Waals surface area (Å²) in [6, 6.07) is 6.74. The largest absolute Gasteiger partial charge is 0.326 e. The zero-order valence-electron chi connectivity index (χ0n) is 11.5. The minimum absolute atomic E-state index is 0.276. The van der Waals surface area contributed by atoms with E-state index >= 15 is 0 Å². The molecule has 1 aromatic carbocycles. The van der Waals surface area contributed by atoms with Gasteiger partial charge in [-0.3, -0.25) is 5.32 Å². The lowest BCUT2D eigenvalue weighted by Gasteiger charge is -2.08. The number of nitrogens with zero attached hydrogens (tertiary/aromatic N) is 2. The fourth-order valence-corrected chi connectivity index (χ4v) is 1.90. The number of carbonyl (C=O) groups excluding carboxylic acids is 1. The summed E-state index contributed by atoms with van der Waals surface area (Å²) in [6.45, 7) is 5.59. The molecule has 0 aliphatic carbocycles. The van der Waals surface area contributed by atoms with Gasteiger partial charge in [0, 0.05) is 22.1 Å². The topological polar surface area (TPSA) is 66.9 Å². The summed E-state index contributed by atoms with van der Waals surface area (Å²) in [7, 11) is 0. The first-order valence-corrected chi connectivity index (χ1v) is 6.48. The first-order chi connectivity index (χ1) is 9.44. The third kappa shape index (κ3) is 3.68. The van der Waals surface area contributed by atoms with Gasteiger partial charge in [0.05, 0.1) is 0 Å². The van der Waals surface area contributed by atoms with E-state index in [-0.39, 0.29) is 5.95 Å². The van der Waals surface area contributed by atoms with Crippen molar-refractivity contribution in [2.24, 2.45) is 0 Å². The Hall–Kier alpha value is -2.14. The van der Waals surface area contributed by atoms with Crippen molar-refractivity contribution in [1.82, 2.24) is 9.97 Å². The number of aryl methyl sites for hydroxylation is 3. The number of nitrogens with one attached hydrogen (secondary N) is 2. The van der Waals surface area contributed by atoms with Crippen molar-refractivity contribution in [3.63, 3.8) is 0 Å². The number of amides is 2. The van der Waals surface area contributed by atoms with Gasteiger partial charge in [-0.1, -0.05) is 17.7 Å². The predicted octanol–water partition coefficient (Wildman–Crippen LogP) is 3.70. The average molecular weight is 291 g/mol. The molecule has 2 N–H and O–H groups in total. The molecule has 6 heteroatoms. The van der Waals surface area contributed by atoms with E-state index < -0.39 is 6.03 Å². The highest BCUT2D eigenvalue weighted by molar-refractivity contribution is 6.31. The Morgan fingerprint density at radius 1 is 1.05 bits per heavy atom. The van der Waals surface area contributed by atoms with Crippen LogP contribution in [0.25, 0.3) is 0 Å². The highest BCUT2D eigenvalue weighted by Gasteiger charge is 2.06. The Morgan fingerprint density at radius 3 is 2.30 bits per heavy atom. The number of carbonyl (C=O) groups is 1. The molecule has 0 atom stereocenters. The molecule has 2 rings (SSSR count). The van der Waals surface area contributed by atoms with E-state index in [4.69, 9.17) is 11.6 Å². The smallest absolute Gasteiger partial charge is 0.308 e. The Balaban J connectivity index is 2.06. The second-order valence-corrected chi connectivity index (χ2v) is 4.92. The van der Waals surface area contributed by atoms with Gasteiger partial charge in [-0.25, -0.2) is 14.8 Å².